The van der Waals surface area contributed by atoms with Gasteiger partial charge in [0.1, 0.15) is 6.29 Å². The van der Waals surface area contributed by atoms with Gasteiger partial charge in [-0.1, -0.05) is 36.4 Å². The number of carbonyl (C=O) groups excluding carboxylic acids is 1. The highest BCUT2D eigenvalue weighted by Crippen LogP contribution is 2.33. The summed E-state index contributed by atoms with van der Waals surface area (Å²) in [5.41, 5.74) is 1.20. The first-order valence-electron chi connectivity index (χ1n) is 6.61. The van der Waals surface area contributed by atoms with Crippen LogP contribution >= 0.6 is 0 Å². The third-order valence-corrected chi connectivity index (χ3v) is 3.90. The molecule has 18 heavy (non-hydrogen) atoms. The lowest BCUT2D eigenvalue weighted by Gasteiger charge is -2.37. The van der Waals surface area contributed by atoms with Gasteiger partial charge in [-0.15, -0.1) is 6.58 Å². The number of benzene rings is 1. The largest absolute Gasteiger partial charge is 0.303 e. The molecule has 96 valence electrons. The van der Waals surface area contributed by atoms with Gasteiger partial charge in [0.25, 0.3) is 0 Å². The first-order chi connectivity index (χ1) is 8.78. The summed E-state index contributed by atoms with van der Waals surface area (Å²) in [7, 11) is 0. The summed E-state index contributed by atoms with van der Waals surface area (Å²) in [6, 6.07) is 10.5. The molecular formula is C16H21NO. The van der Waals surface area contributed by atoms with Crippen molar-refractivity contribution in [3.63, 3.8) is 0 Å². The number of aldehydes is 1. The Labute approximate surface area is 109 Å². The zero-order valence-electron chi connectivity index (χ0n) is 10.8. The molecule has 0 N–H and O–H groups in total. The monoisotopic (exact) mass is 243 g/mol. The molecule has 0 saturated carbocycles. The molecule has 0 aromatic heterocycles. The van der Waals surface area contributed by atoms with Crippen LogP contribution in [-0.2, 0) is 11.3 Å². The van der Waals surface area contributed by atoms with E-state index in [4.69, 9.17) is 0 Å². The van der Waals surface area contributed by atoms with E-state index in [2.05, 4.69) is 35.7 Å². The number of carbonyl (C=O) groups is 1. The van der Waals surface area contributed by atoms with E-state index in [1.165, 1.54) is 5.56 Å². The first kappa shape index (κ1) is 13.0. The van der Waals surface area contributed by atoms with Gasteiger partial charge in [-0.2, -0.15) is 0 Å². The van der Waals surface area contributed by atoms with Crippen molar-refractivity contribution in [2.24, 2.45) is 5.41 Å². The molecular weight excluding hydrogens is 222 g/mol. The number of hydrogen-bond donors (Lipinski definition) is 0. The molecule has 1 saturated heterocycles. The molecule has 0 atom stereocenters. The van der Waals surface area contributed by atoms with Crippen LogP contribution in [0.1, 0.15) is 24.8 Å². The lowest BCUT2D eigenvalue weighted by molar-refractivity contribution is -0.118. The Bertz CT molecular complexity index is 391. The van der Waals surface area contributed by atoms with Crippen LogP contribution in [0.5, 0.6) is 0 Å². The molecule has 0 unspecified atom stereocenters. The Kier molecular flexibility index (Phi) is 4.32. The molecule has 1 aromatic carbocycles. The molecule has 0 aliphatic carbocycles. The molecule has 1 aliphatic rings. The highest BCUT2D eigenvalue weighted by molar-refractivity contribution is 5.60. The Morgan fingerprint density at radius 1 is 1.22 bits per heavy atom. The lowest BCUT2D eigenvalue weighted by atomic mass is 9.77. The average Bonchev–Trinajstić information content (AvgIpc) is 2.43. The van der Waals surface area contributed by atoms with Gasteiger partial charge in [0, 0.05) is 12.0 Å². The normalized spacial score (nSPS) is 19.3. The Hall–Kier alpha value is -1.41. The predicted octanol–water partition coefficient (Wildman–Crippen LogP) is 3.04. The van der Waals surface area contributed by atoms with Crippen LogP contribution in [0.25, 0.3) is 0 Å². The lowest BCUT2D eigenvalue weighted by Crippen LogP contribution is -2.40. The summed E-state index contributed by atoms with van der Waals surface area (Å²) in [6.07, 6.45) is 5.75. The van der Waals surface area contributed by atoms with E-state index in [1.54, 1.807) is 0 Å². The molecule has 1 fully saturated rings. The molecule has 2 nitrogen and oxygen atoms in total. The summed E-state index contributed by atoms with van der Waals surface area (Å²) in [5.74, 6) is 0. The third-order valence-electron chi connectivity index (χ3n) is 3.90. The molecule has 1 heterocycles. The number of likely N-dealkylation sites (tertiary alicyclic amines) is 1. The number of allylic oxidation sites excluding steroid dienone is 1. The van der Waals surface area contributed by atoms with Crippen LogP contribution in [0.3, 0.4) is 0 Å². The van der Waals surface area contributed by atoms with E-state index in [0.717, 1.165) is 45.2 Å². The maximum absolute atomic E-state index is 11.3. The molecule has 1 aromatic rings. The van der Waals surface area contributed by atoms with Gasteiger partial charge in [-0.3, -0.25) is 4.90 Å². The molecule has 2 rings (SSSR count). The fourth-order valence-corrected chi connectivity index (χ4v) is 2.66. The van der Waals surface area contributed by atoms with Gasteiger partial charge < -0.3 is 4.79 Å². The van der Waals surface area contributed by atoms with Crippen LogP contribution in [0.2, 0.25) is 0 Å². The van der Waals surface area contributed by atoms with Crippen molar-refractivity contribution in [1.29, 1.82) is 0 Å². The van der Waals surface area contributed by atoms with E-state index >= 15 is 0 Å². The minimum atomic E-state index is -0.144. The second-order valence-corrected chi connectivity index (χ2v) is 5.23. The molecule has 2 heteroatoms. The van der Waals surface area contributed by atoms with Crippen molar-refractivity contribution in [3.8, 4) is 0 Å². The summed E-state index contributed by atoms with van der Waals surface area (Å²) >= 11 is 0. The minimum absolute atomic E-state index is 0.144. The van der Waals surface area contributed by atoms with E-state index < -0.39 is 0 Å². The number of rotatable bonds is 5. The van der Waals surface area contributed by atoms with E-state index in [0.29, 0.717) is 0 Å². The SMILES string of the molecule is C=CCC1(C=O)CCN(Cc2ccccc2)CC1. The third kappa shape index (κ3) is 3.08. The van der Waals surface area contributed by atoms with Crippen LogP contribution in [0.15, 0.2) is 43.0 Å². The van der Waals surface area contributed by atoms with Crippen LogP contribution in [0.4, 0.5) is 0 Å². The fourth-order valence-electron chi connectivity index (χ4n) is 2.66. The molecule has 1 aliphatic heterocycles. The Morgan fingerprint density at radius 3 is 2.44 bits per heavy atom. The van der Waals surface area contributed by atoms with Crippen molar-refractivity contribution < 1.29 is 4.79 Å². The van der Waals surface area contributed by atoms with Gasteiger partial charge >= 0.3 is 0 Å². The maximum atomic E-state index is 11.3. The van der Waals surface area contributed by atoms with Crippen LogP contribution in [-0.4, -0.2) is 24.3 Å². The number of piperidine rings is 1. The van der Waals surface area contributed by atoms with Crippen LogP contribution in [0, 0.1) is 5.41 Å². The second kappa shape index (κ2) is 5.96. The zero-order valence-corrected chi connectivity index (χ0v) is 10.8. The van der Waals surface area contributed by atoms with Crippen molar-refractivity contribution in [2.45, 2.75) is 25.8 Å². The van der Waals surface area contributed by atoms with Gasteiger partial charge in [0.15, 0.2) is 0 Å². The van der Waals surface area contributed by atoms with Crippen molar-refractivity contribution >= 4 is 6.29 Å². The highest BCUT2D eigenvalue weighted by Gasteiger charge is 2.32. The summed E-state index contributed by atoms with van der Waals surface area (Å²) in [6.45, 7) is 6.75. The zero-order chi connectivity index (χ0) is 12.8. The Balaban J connectivity index is 1.90. The van der Waals surface area contributed by atoms with Crippen molar-refractivity contribution in [3.05, 3.63) is 48.6 Å². The molecule has 0 bridgehead atoms. The van der Waals surface area contributed by atoms with Crippen molar-refractivity contribution in [2.75, 3.05) is 13.1 Å². The highest BCUT2D eigenvalue weighted by atomic mass is 16.1. The topological polar surface area (TPSA) is 20.3 Å². The Morgan fingerprint density at radius 2 is 1.89 bits per heavy atom. The predicted molar refractivity (Wildman–Crippen MR) is 74.3 cm³/mol. The average molecular weight is 243 g/mol. The summed E-state index contributed by atoms with van der Waals surface area (Å²) in [5, 5.41) is 0. The maximum Gasteiger partial charge on any atom is 0.126 e. The van der Waals surface area contributed by atoms with Gasteiger partial charge in [-0.05, 0) is 37.9 Å². The number of hydrogen-bond acceptors (Lipinski definition) is 2. The van der Waals surface area contributed by atoms with Gasteiger partial charge in [0.2, 0.25) is 0 Å². The fraction of sp³-hybridized carbons (Fsp3) is 0.438. The summed E-state index contributed by atoms with van der Waals surface area (Å²) in [4.78, 5) is 13.7. The smallest absolute Gasteiger partial charge is 0.126 e. The second-order valence-electron chi connectivity index (χ2n) is 5.23. The molecule has 0 amide bonds. The standard InChI is InChI=1S/C16H21NO/c1-2-8-16(14-18)9-11-17(12-10-16)13-15-6-4-3-5-7-15/h2-7,14H,1,8-13H2. The molecule has 0 radical (unpaired) electrons. The van der Waals surface area contributed by atoms with Gasteiger partial charge in [0.05, 0.1) is 0 Å². The first-order valence-corrected chi connectivity index (χ1v) is 6.61. The molecule has 0 spiro atoms. The van der Waals surface area contributed by atoms with E-state index in [-0.39, 0.29) is 5.41 Å². The minimum Gasteiger partial charge on any atom is -0.303 e. The quantitative estimate of drug-likeness (QED) is 0.585. The van der Waals surface area contributed by atoms with Gasteiger partial charge in [-0.25, -0.2) is 0 Å². The van der Waals surface area contributed by atoms with Crippen molar-refractivity contribution in [1.82, 2.24) is 4.90 Å². The van der Waals surface area contributed by atoms with E-state index in [1.807, 2.05) is 12.1 Å². The summed E-state index contributed by atoms with van der Waals surface area (Å²) < 4.78 is 0. The number of nitrogens with zero attached hydrogens (tertiary/aromatic N) is 1. The van der Waals surface area contributed by atoms with Crippen LogP contribution < -0.4 is 0 Å². The van der Waals surface area contributed by atoms with E-state index in [9.17, 15) is 4.79 Å².